The number of alkyl halides is 1. The van der Waals surface area contributed by atoms with E-state index in [-0.39, 0.29) is 11.3 Å². The molecule has 0 aliphatic heterocycles. The van der Waals surface area contributed by atoms with Gasteiger partial charge in [0.1, 0.15) is 6.07 Å². The van der Waals surface area contributed by atoms with E-state index in [1.807, 2.05) is 0 Å². The van der Waals surface area contributed by atoms with Crippen LogP contribution in [-0.4, -0.2) is 22.7 Å². The van der Waals surface area contributed by atoms with Crippen LogP contribution in [0.15, 0.2) is 6.20 Å². The predicted octanol–water partition coefficient (Wildman–Crippen LogP) is 0.602. The quantitative estimate of drug-likeness (QED) is 0.753. The van der Waals surface area contributed by atoms with Gasteiger partial charge in [0, 0.05) is 13.2 Å². The summed E-state index contributed by atoms with van der Waals surface area (Å²) in [6.07, 6.45) is -0.150. The molecule has 1 heterocycles. The summed E-state index contributed by atoms with van der Waals surface area (Å²) in [7, 11) is 1.43. The molecule has 1 aromatic heterocycles. The van der Waals surface area contributed by atoms with Crippen LogP contribution in [0.4, 0.5) is 4.39 Å². The van der Waals surface area contributed by atoms with Gasteiger partial charge in [-0.15, -0.1) is 0 Å². The molecule has 14 heavy (non-hydrogen) atoms. The number of hydrogen-bond acceptors (Lipinski definition) is 3. The van der Waals surface area contributed by atoms with E-state index in [0.717, 1.165) is 4.68 Å². The van der Waals surface area contributed by atoms with Crippen LogP contribution in [0.3, 0.4) is 0 Å². The summed E-state index contributed by atoms with van der Waals surface area (Å²) in [5.41, 5.74) is 0.00773. The molecule has 0 radical (unpaired) electrons. The molecule has 0 aromatic carbocycles. The molecular formula is C8H9FN4O. The molecule has 1 rings (SSSR count). The van der Waals surface area contributed by atoms with Gasteiger partial charge in [0.05, 0.1) is 5.56 Å². The van der Waals surface area contributed by atoms with Gasteiger partial charge in [-0.2, -0.15) is 10.4 Å². The van der Waals surface area contributed by atoms with Crippen LogP contribution in [0, 0.1) is 11.3 Å². The minimum Gasteiger partial charge on any atom is -0.355 e. The van der Waals surface area contributed by atoms with Crippen LogP contribution in [0.1, 0.15) is 29.3 Å². The lowest BCUT2D eigenvalue weighted by Gasteiger charge is -1.98. The Hall–Kier alpha value is -1.90. The molecule has 0 saturated heterocycles. The highest BCUT2D eigenvalue weighted by Gasteiger charge is 2.16. The SMILES string of the molecule is CNC(=O)c1cn(C(C)F)nc1C#N. The smallest absolute Gasteiger partial charge is 0.255 e. The molecule has 0 bridgehead atoms. The van der Waals surface area contributed by atoms with Gasteiger partial charge in [0.15, 0.2) is 12.0 Å². The second-order valence-electron chi connectivity index (χ2n) is 2.64. The minimum absolute atomic E-state index is 0.0751. The Labute approximate surface area is 80.1 Å². The summed E-state index contributed by atoms with van der Waals surface area (Å²) in [6, 6.07) is 1.73. The summed E-state index contributed by atoms with van der Waals surface area (Å²) < 4.78 is 13.7. The van der Waals surface area contributed by atoms with E-state index >= 15 is 0 Å². The maximum absolute atomic E-state index is 12.8. The Morgan fingerprint density at radius 1 is 1.86 bits per heavy atom. The van der Waals surface area contributed by atoms with E-state index in [9.17, 15) is 9.18 Å². The zero-order chi connectivity index (χ0) is 10.7. The molecule has 74 valence electrons. The zero-order valence-electron chi connectivity index (χ0n) is 7.78. The van der Waals surface area contributed by atoms with Gasteiger partial charge in [-0.05, 0) is 6.92 Å². The molecule has 1 atom stereocenters. The third-order valence-corrected chi connectivity index (χ3v) is 1.67. The van der Waals surface area contributed by atoms with Gasteiger partial charge < -0.3 is 5.32 Å². The lowest BCUT2D eigenvalue weighted by atomic mass is 10.2. The fourth-order valence-electron chi connectivity index (χ4n) is 0.957. The molecule has 0 aliphatic rings. The molecule has 0 aliphatic carbocycles. The maximum atomic E-state index is 12.8. The standard InChI is InChI=1S/C8H9FN4O/c1-5(9)13-4-6(8(14)11-2)7(3-10)12-13/h4-5H,1-2H3,(H,11,14). The first-order valence-electron chi connectivity index (χ1n) is 3.95. The van der Waals surface area contributed by atoms with Gasteiger partial charge in [-0.25, -0.2) is 9.07 Å². The van der Waals surface area contributed by atoms with Crippen LogP contribution in [0.25, 0.3) is 0 Å². The van der Waals surface area contributed by atoms with Crippen molar-refractivity contribution in [2.24, 2.45) is 0 Å². The molecular weight excluding hydrogens is 187 g/mol. The van der Waals surface area contributed by atoms with Crippen molar-refractivity contribution >= 4 is 5.91 Å². The lowest BCUT2D eigenvalue weighted by Crippen LogP contribution is -2.18. The Morgan fingerprint density at radius 3 is 2.93 bits per heavy atom. The number of nitrogens with one attached hydrogen (secondary N) is 1. The summed E-state index contributed by atoms with van der Waals surface area (Å²) in [4.78, 5) is 11.2. The Bertz CT molecular complexity index is 391. The number of hydrogen-bond donors (Lipinski definition) is 1. The van der Waals surface area contributed by atoms with E-state index < -0.39 is 12.2 Å². The first kappa shape index (κ1) is 10.2. The number of halogens is 1. The van der Waals surface area contributed by atoms with Crippen LogP contribution >= 0.6 is 0 Å². The van der Waals surface area contributed by atoms with Crippen molar-refractivity contribution in [3.05, 3.63) is 17.5 Å². The lowest BCUT2D eigenvalue weighted by molar-refractivity contribution is 0.0962. The number of carbonyl (C=O) groups excluding carboxylic acids is 1. The average Bonchev–Trinajstić information content (AvgIpc) is 2.60. The molecule has 0 spiro atoms. The Balaban J connectivity index is 3.17. The minimum atomic E-state index is -1.36. The summed E-state index contributed by atoms with van der Waals surface area (Å²) >= 11 is 0. The van der Waals surface area contributed by atoms with Gasteiger partial charge >= 0.3 is 0 Å². The third kappa shape index (κ3) is 1.71. The van der Waals surface area contributed by atoms with E-state index in [0.29, 0.717) is 0 Å². The second kappa shape index (κ2) is 3.87. The van der Waals surface area contributed by atoms with Gasteiger partial charge in [-0.3, -0.25) is 4.79 Å². The second-order valence-corrected chi connectivity index (χ2v) is 2.64. The third-order valence-electron chi connectivity index (χ3n) is 1.67. The molecule has 1 amide bonds. The summed E-state index contributed by atoms with van der Waals surface area (Å²) in [6.45, 7) is 1.27. The monoisotopic (exact) mass is 196 g/mol. The van der Waals surface area contributed by atoms with Crippen molar-refractivity contribution in [2.75, 3.05) is 7.05 Å². The van der Waals surface area contributed by atoms with Crippen molar-refractivity contribution in [3.63, 3.8) is 0 Å². The molecule has 1 aromatic rings. The van der Waals surface area contributed by atoms with E-state index in [1.165, 1.54) is 20.2 Å². The predicted molar refractivity (Wildman–Crippen MR) is 46.2 cm³/mol. The van der Waals surface area contributed by atoms with Crippen LogP contribution in [0.5, 0.6) is 0 Å². The zero-order valence-corrected chi connectivity index (χ0v) is 7.78. The maximum Gasteiger partial charge on any atom is 0.255 e. The van der Waals surface area contributed by atoms with Crippen LogP contribution in [0.2, 0.25) is 0 Å². The van der Waals surface area contributed by atoms with Crippen molar-refractivity contribution in [1.29, 1.82) is 5.26 Å². The number of nitrogens with zero attached hydrogens (tertiary/aromatic N) is 3. The Morgan fingerprint density at radius 2 is 2.50 bits per heavy atom. The molecule has 1 unspecified atom stereocenters. The first-order valence-corrected chi connectivity index (χ1v) is 3.95. The van der Waals surface area contributed by atoms with Crippen molar-refractivity contribution in [1.82, 2.24) is 15.1 Å². The first-order chi connectivity index (χ1) is 6.60. The summed E-state index contributed by atoms with van der Waals surface area (Å²) in [5.74, 6) is -0.451. The number of nitriles is 1. The van der Waals surface area contributed by atoms with Crippen LogP contribution < -0.4 is 5.32 Å². The molecule has 5 nitrogen and oxygen atoms in total. The van der Waals surface area contributed by atoms with Gasteiger partial charge in [0.25, 0.3) is 5.91 Å². The molecule has 0 fully saturated rings. The van der Waals surface area contributed by atoms with Gasteiger partial charge in [0.2, 0.25) is 0 Å². The topological polar surface area (TPSA) is 70.7 Å². The largest absolute Gasteiger partial charge is 0.355 e. The normalized spacial score (nSPS) is 11.9. The number of amides is 1. The fourth-order valence-corrected chi connectivity index (χ4v) is 0.957. The van der Waals surface area contributed by atoms with Crippen molar-refractivity contribution in [3.8, 4) is 6.07 Å². The number of rotatable bonds is 2. The molecule has 6 heteroatoms. The number of carbonyl (C=O) groups is 1. The van der Waals surface area contributed by atoms with Crippen molar-refractivity contribution < 1.29 is 9.18 Å². The average molecular weight is 196 g/mol. The Kier molecular flexibility index (Phi) is 2.82. The van der Waals surface area contributed by atoms with E-state index in [4.69, 9.17) is 5.26 Å². The van der Waals surface area contributed by atoms with Crippen LogP contribution in [-0.2, 0) is 0 Å². The molecule has 1 N–H and O–H groups in total. The fraction of sp³-hybridized carbons (Fsp3) is 0.375. The summed E-state index contributed by atoms with van der Waals surface area (Å²) in [5, 5.41) is 14.6. The number of aromatic nitrogens is 2. The highest BCUT2D eigenvalue weighted by Crippen LogP contribution is 2.11. The van der Waals surface area contributed by atoms with E-state index in [2.05, 4.69) is 10.4 Å². The molecule has 0 saturated carbocycles. The van der Waals surface area contributed by atoms with Crippen molar-refractivity contribution in [2.45, 2.75) is 13.2 Å². The van der Waals surface area contributed by atoms with E-state index in [1.54, 1.807) is 6.07 Å². The highest BCUT2D eigenvalue weighted by atomic mass is 19.1. The van der Waals surface area contributed by atoms with Gasteiger partial charge in [-0.1, -0.05) is 0 Å². The highest BCUT2D eigenvalue weighted by molar-refractivity contribution is 5.95.